The molecule has 3 unspecified atom stereocenters. The third-order valence-electron chi connectivity index (χ3n) is 4.93. The molecule has 4 atom stereocenters. The Labute approximate surface area is 174 Å². The van der Waals surface area contributed by atoms with E-state index in [0.29, 0.717) is 21.4 Å². The highest BCUT2D eigenvalue weighted by Gasteiger charge is 2.63. The average Bonchev–Trinajstić information content (AvgIpc) is 3.23. The van der Waals surface area contributed by atoms with Crippen molar-refractivity contribution in [3.63, 3.8) is 0 Å². The number of amides is 2. The number of H-pyrrole nitrogens is 1. The summed E-state index contributed by atoms with van der Waals surface area (Å²) in [6, 6.07) is 2.71. The van der Waals surface area contributed by atoms with E-state index in [9.17, 15) is 9.59 Å². The van der Waals surface area contributed by atoms with Crippen LogP contribution in [0.1, 0.15) is 37.3 Å². The normalized spacial score (nSPS) is 26.5. The van der Waals surface area contributed by atoms with Crippen LogP contribution in [0.4, 0.5) is 0 Å². The van der Waals surface area contributed by atoms with Crippen LogP contribution in [0.25, 0.3) is 0 Å². The predicted molar refractivity (Wildman–Crippen MR) is 105 cm³/mol. The largest absolute Gasteiger partial charge is 0.340 e. The number of carbonyl (C=O) groups is 2. The number of rotatable bonds is 4. The van der Waals surface area contributed by atoms with Crippen molar-refractivity contribution in [3.05, 3.63) is 39.6 Å². The minimum atomic E-state index is -1.01. The Bertz CT molecular complexity index is 939. The van der Waals surface area contributed by atoms with Crippen molar-refractivity contribution < 1.29 is 9.59 Å². The summed E-state index contributed by atoms with van der Waals surface area (Å²) >= 11 is 13.6. The maximum absolute atomic E-state index is 12.8. The Balaban J connectivity index is 1.50. The number of hydrogen-bond acceptors (Lipinski definition) is 7. The van der Waals surface area contributed by atoms with E-state index in [2.05, 4.69) is 25.9 Å². The number of tetrazole rings is 1. The lowest BCUT2D eigenvalue weighted by atomic mass is 9.95. The fourth-order valence-corrected chi connectivity index (χ4v) is 5.74. The number of aromatic nitrogens is 4. The van der Waals surface area contributed by atoms with Crippen LogP contribution in [0.2, 0.25) is 10.0 Å². The van der Waals surface area contributed by atoms with Gasteiger partial charge in [-0.1, -0.05) is 34.5 Å². The van der Waals surface area contributed by atoms with Gasteiger partial charge in [0.25, 0.3) is 0 Å². The maximum atomic E-state index is 12.8. The summed E-state index contributed by atoms with van der Waals surface area (Å²) in [6.07, 6.45) is 0. The second-order valence-corrected chi connectivity index (χ2v) is 9.77. The lowest BCUT2D eigenvalue weighted by molar-refractivity contribution is -0.152. The number of thioether (sulfide) groups is 1. The molecule has 3 heterocycles. The molecule has 0 radical (unpaired) electrons. The maximum Gasteiger partial charge on any atom is 0.249 e. The van der Waals surface area contributed by atoms with Gasteiger partial charge in [0.1, 0.15) is 23.5 Å². The number of halogens is 2. The number of nitrogens with two attached hydrogens (primary N) is 1. The van der Waals surface area contributed by atoms with Crippen molar-refractivity contribution in [1.82, 2.24) is 30.8 Å². The van der Waals surface area contributed by atoms with Gasteiger partial charge in [0.2, 0.25) is 11.8 Å². The first-order chi connectivity index (χ1) is 13.2. The molecule has 148 valence electrons. The fraction of sp³-hybridized carbons (Fsp3) is 0.438. The first-order valence-corrected chi connectivity index (χ1v) is 10.1. The first kappa shape index (κ1) is 19.4. The molecule has 1 aromatic carbocycles. The second-order valence-electron chi connectivity index (χ2n) is 7.16. The Kier molecular flexibility index (Phi) is 4.77. The van der Waals surface area contributed by atoms with Gasteiger partial charge in [-0.3, -0.25) is 9.59 Å². The second kappa shape index (κ2) is 6.87. The molecule has 2 aliphatic rings. The van der Waals surface area contributed by atoms with E-state index in [1.54, 1.807) is 28.8 Å². The molecule has 2 saturated heterocycles. The van der Waals surface area contributed by atoms with Crippen molar-refractivity contribution in [2.24, 2.45) is 5.73 Å². The third-order valence-corrected chi connectivity index (χ3v) is 7.06. The fourth-order valence-electron chi connectivity index (χ4n) is 3.59. The van der Waals surface area contributed by atoms with Crippen molar-refractivity contribution in [3.8, 4) is 0 Å². The topological polar surface area (TPSA) is 130 Å². The van der Waals surface area contributed by atoms with E-state index >= 15 is 0 Å². The predicted octanol–water partition coefficient (Wildman–Crippen LogP) is 1.43. The highest BCUT2D eigenvalue weighted by molar-refractivity contribution is 8.01. The molecule has 0 saturated carbocycles. The van der Waals surface area contributed by atoms with Crippen molar-refractivity contribution in [2.75, 3.05) is 0 Å². The zero-order valence-electron chi connectivity index (χ0n) is 14.9. The molecular weight excluding hydrogens is 425 g/mol. The van der Waals surface area contributed by atoms with E-state index in [0.717, 1.165) is 0 Å². The molecule has 0 spiro atoms. The molecule has 28 heavy (non-hydrogen) atoms. The zero-order valence-corrected chi connectivity index (χ0v) is 17.2. The number of hydrogen-bond donors (Lipinski definition) is 3. The van der Waals surface area contributed by atoms with Crippen LogP contribution < -0.4 is 11.1 Å². The van der Waals surface area contributed by atoms with Crippen LogP contribution in [0.3, 0.4) is 0 Å². The summed E-state index contributed by atoms with van der Waals surface area (Å²) < 4.78 is -0.342. The van der Waals surface area contributed by atoms with Gasteiger partial charge in [0.05, 0.1) is 0 Å². The van der Waals surface area contributed by atoms with Crippen LogP contribution in [0.5, 0.6) is 0 Å². The lowest BCUT2D eigenvalue weighted by Crippen LogP contribution is -2.68. The molecule has 2 aliphatic heterocycles. The summed E-state index contributed by atoms with van der Waals surface area (Å²) in [6.45, 7) is 4.00. The first-order valence-electron chi connectivity index (χ1n) is 8.45. The van der Waals surface area contributed by atoms with E-state index in [-0.39, 0.29) is 22.1 Å². The summed E-state index contributed by atoms with van der Waals surface area (Å²) in [4.78, 5) is 27.1. The molecule has 2 fully saturated rings. The Morgan fingerprint density at radius 2 is 2.18 bits per heavy atom. The van der Waals surface area contributed by atoms with Gasteiger partial charge in [-0.25, -0.2) is 0 Å². The Morgan fingerprint density at radius 1 is 1.43 bits per heavy atom. The smallest absolute Gasteiger partial charge is 0.249 e. The molecule has 2 aromatic rings. The standard InChI is InChI=1S/C16H17Cl2N7O2S/c1-16(2)11(12-21-23-24-22-12)25-14(27)10(15(25)28-16)20-13(26)9(19)7-4-3-6(17)5-8(7)18/h3-5,9-11,15H,19H2,1-2H3,(H,20,26)(H,21,22,23,24)/t9?,10?,11?,15-/m1/s1. The lowest BCUT2D eigenvalue weighted by Gasteiger charge is -2.44. The van der Waals surface area contributed by atoms with Crippen LogP contribution in [-0.4, -0.2) is 53.5 Å². The van der Waals surface area contributed by atoms with Gasteiger partial charge in [-0.05, 0) is 31.5 Å². The molecule has 2 amide bonds. The van der Waals surface area contributed by atoms with E-state index in [1.165, 1.54) is 6.07 Å². The van der Waals surface area contributed by atoms with E-state index in [4.69, 9.17) is 28.9 Å². The van der Waals surface area contributed by atoms with Crippen LogP contribution in [-0.2, 0) is 9.59 Å². The van der Waals surface area contributed by atoms with Crippen LogP contribution in [0.15, 0.2) is 18.2 Å². The van der Waals surface area contributed by atoms with Crippen LogP contribution >= 0.6 is 35.0 Å². The van der Waals surface area contributed by atoms with E-state index < -0.39 is 18.0 Å². The molecule has 12 heteroatoms. The zero-order chi connectivity index (χ0) is 20.2. The van der Waals surface area contributed by atoms with Crippen molar-refractivity contribution >= 4 is 46.8 Å². The summed E-state index contributed by atoms with van der Waals surface area (Å²) in [5.74, 6) is -0.243. The number of aromatic amines is 1. The van der Waals surface area contributed by atoms with Gasteiger partial charge in [0.15, 0.2) is 5.82 Å². The minimum absolute atomic E-state index is 0.208. The molecule has 4 rings (SSSR count). The Hall–Kier alpha value is -1.88. The van der Waals surface area contributed by atoms with Gasteiger partial charge in [-0.15, -0.1) is 22.0 Å². The summed E-state index contributed by atoms with van der Waals surface area (Å²) in [7, 11) is 0. The minimum Gasteiger partial charge on any atom is -0.340 e. The molecule has 1 aromatic heterocycles. The van der Waals surface area contributed by atoms with Gasteiger partial charge in [0, 0.05) is 14.8 Å². The number of fused-ring (bicyclic) bond motifs is 1. The summed E-state index contributed by atoms with van der Waals surface area (Å²) in [5.41, 5.74) is 6.49. The van der Waals surface area contributed by atoms with Gasteiger partial charge >= 0.3 is 0 Å². The van der Waals surface area contributed by atoms with Gasteiger partial charge in [-0.2, -0.15) is 5.21 Å². The van der Waals surface area contributed by atoms with Crippen LogP contribution in [0, 0.1) is 0 Å². The number of β-lactam (4-membered cyclic amide) rings is 1. The Morgan fingerprint density at radius 3 is 2.82 bits per heavy atom. The number of nitrogens with one attached hydrogen (secondary N) is 2. The number of carbonyl (C=O) groups excluding carboxylic acids is 2. The molecule has 4 N–H and O–H groups in total. The third kappa shape index (κ3) is 3.04. The monoisotopic (exact) mass is 441 g/mol. The molecular formula is C16H17Cl2N7O2S. The van der Waals surface area contributed by atoms with Crippen molar-refractivity contribution in [2.45, 2.75) is 42.1 Å². The molecule has 0 aliphatic carbocycles. The summed E-state index contributed by atoms with van der Waals surface area (Å²) in [5, 5.41) is 17.3. The SMILES string of the molecule is CC1(C)S[C@@H]2C(NC(=O)C(N)c3ccc(Cl)cc3Cl)C(=O)N2C1c1nn[nH]n1. The molecule has 0 bridgehead atoms. The highest BCUT2D eigenvalue weighted by Crippen LogP contribution is 2.56. The number of nitrogens with zero attached hydrogens (tertiary/aromatic N) is 4. The van der Waals surface area contributed by atoms with Gasteiger partial charge < -0.3 is 16.0 Å². The highest BCUT2D eigenvalue weighted by atomic mass is 35.5. The molecule has 9 nitrogen and oxygen atoms in total. The average molecular weight is 442 g/mol. The quantitative estimate of drug-likeness (QED) is 0.611. The number of benzene rings is 1. The van der Waals surface area contributed by atoms with E-state index in [1.807, 2.05) is 13.8 Å². The van der Waals surface area contributed by atoms with Crippen molar-refractivity contribution in [1.29, 1.82) is 0 Å².